The molecule has 0 aliphatic rings. The van der Waals surface area contributed by atoms with Crippen LogP contribution in [-0.4, -0.2) is 26.0 Å². The van der Waals surface area contributed by atoms with E-state index < -0.39 is 16.1 Å². The molecule has 11 nitrogen and oxygen atoms in total. The first-order valence-electron chi connectivity index (χ1n) is 10.2. The molecule has 13 heteroatoms. The molecule has 1 aromatic carbocycles. The Morgan fingerprint density at radius 2 is 2.03 bits per heavy atom. The number of hydrogen-bond donors (Lipinski definition) is 2. The lowest BCUT2D eigenvalue weighted by atomic mass is 10.0. The van der Waals surface area contributed by atoms with Gasteiger partial charge in [-0.05, 0) is 19.1 Å². The number of anilines is 2. The molecule has 1 atom stereocenters. The number of carbonyl (C=O) groups excluding carboxylic acids is 1. The standard InChI is InChI=1S/C23H15N7O4S2/c1-12(21(31)29-23-27-17(11-35-23)13-4-2-5-14(8-13)30(32)33)36-22-16(10-25)19(18-6-3-7-34-18)15(9-24)20(26)28-22/h2-8,11-12H,1H3,(H2,26,28)(H,27,29,31). The molecule has 36 heavy (non-hydrogen) atoms. The van der Waals surface area contributed by atoms with Crippen LogP contribution >= 0.6 is 23.1 Å². The predicted molar refractivity (Wildman–Crippen MR) is 134 cm³/mol. The smallest absolute Gasteiger partial charge is 0.270 e. The molecular formula is C23H15N7O4S2. The highest BCUT2D eigenvalue weighted by Gasteiger charge is 2.25. The Morgan fingerprint density at radius 3 is 2.69 bits per heavy atom. The van der Waals surface area contributed by atoms with Crippen molar-refractivity contribution in [3.63, 3.8) is 0 Å². The summed E-state index contributed by atoms with van der Waals surface area (Å²) in [6.07, 6.45) is 1.41. The fourth-order valence-corrected chi connectivity index (χ4v) is 4.86. The van der Waals surface area contributed by atoms with Gasteiger partial charge in [-0.15, -0.1) is 11.3 Å². The Labute approximate surface area is 212 Å². The van der Waals surface area contributed by atoms with Gasteiger partial charge in [-0.2, -0.15) is 10.5 Å². The summed E-state index contributed by atoms with van der Waals surface area (Å²) in [5, 5.41) is 34.5. The molecule has 4 aromatic rings. The number of nitriles is 2. The average Bonchev–Trinajstić information content (AvgIpc) is 3.56. The maximum absolute atomic E-state index is 12.9. The number of nitrogens with two attached hydrogens (primary N) is 1. The van der Waals surface area contributed by atoms with Crippen LogP contribution in [0, 0.1) is 32.8 Å². The van der Waals surface area contributed by atoms with Crippen molar-refractivity contribution >= 4 is 45.6 Å². The number of benzene rings is 1. The Morgan fingerprint density at radius 1 is 1.25 bits per heavy atom. The Balaban J connectivity index is 1.55. The highest BCUT2D eigenvalue weighted by atomic mass is 32.2. The zero-order valence-corrected chi connectivity index (χ0v) is 20.1. The number of nitro groups is 1. The summed E-state index contributed by atoms with van der Waals surface area (Å²) in [6.45, 7) is 1.62. The summed E-state index contributed by atoms with van der Waals surface area (Å²) < 4.78 is 5.39. The minimum Gasteiger partial charge on any atom is -0.464 e. The first-order chi connectivity index (χ1) is 17.3. The molecule has 0 radical (unpaired) electrons. The van der Waals surface area contributed by atoms with Crippen LogP contribution in [0.15, 0.2) is 57.5 Å². The van der Waals surface area contributed by atoms with Crippen LogP contribution in [-0.2, 0) is 4.79 Å². The summed E-state index contributed by atoms with van der Waals surface area (Å²) in [5.41, 5.74) is 7.24. The van der Waals surface area contributed by atoms with Gasteiger partial charge < -0.3 is 15.5 Å². The number of non-ortho nitro benzene ring substituents is 1. The normalized spacial score (nSPS) is 11.3. The zero-order chi connectivity index (χ0) is 25.8. The number of nitrogens with one attached hydrogen (secondary N) is 1. The van der Waals surface area contributed by atoms with Crippen molar-refractivity contribution in [2.45, 2.75) is 17.2 Å². The molecule has 3 N–H and O–H groups in total. The topological polar surface area (TPSA) is 185 Å². The fourth-order valence-electron chi connectivity index (χ4n) is 3.22. The van der Waals surface area contributed by atoms with Crippen LogP contribution in [0.3, 0.4) is 0 Å². The number of thioether (sulfide) groups is 1. The van der Waals surface area contributed by atoms with Gasteiger partial charge in [-0.1, -0.05) is 23.9 Å². The maximum Gasteiger partial charge on any atom is 0.270 e. The number of nitrogens with zero attached hydrogens (tertiary/aromatic N) is 5. The van der Waals surface area contributed by atoms with E-state index in [4.69, 9.17) is 10.2 Å². The van der Waals surface area contributed by atoms with E-state index in [2.05, 4.69) is 15.3 Å². The molecule has 1 unspecified atom stereocenters. The summed E-state index contributed by atoms with van der Waals surface area (Å²) >= 11 is 2.17. The van der Waals surface area contributed by atoms with E-state index in [-0.39, 0.29) is 39.0 Å². The van der Waals surface area contributed by atoms with Gasteiger partial charge in [-0.25, -0.2) is 9.97 Å². The zero-order valence-electron chi connectivity index (χ0n) is 18.5. The summed E-state index contributed by atoms with van der Waals surface area (Å²) in [6, 6.07) is 13.3. The number of pyridine rings is 1. The Kier molecular flexibility index (Phi) is 6.96. The van der Waals surface area contributed by atoms with E-state index in [9.17, 15) is 25.4 Å². The van der Waals surface area contributed by atoms with Crippen LogP contribution in [0.4, 0.5) is 16.6 Å². The molecule has 0 spiro atoms. The van der Waals surface area contributed by atoms with E-state index in [0.717, 1.165) is 11.8 Å². The third kappa shape index (κ3) is 4.88. The predicted octanol–water partition coefficient (Wildman–Crippen LogP) is 4.82. The first-order valence-corrected chi connectivity index (χ1v) is 11.9. The summed E-state index contributed by atoms with van der Waals surface area (Å²) in [7, 11) is 0. The molecule has 0 saturated heterocycles. The quantitative estimate of drug-likeness (QED) is 0.196. The summed E-state index contributed by atoms with van der Waals surface area (Å²) in [5.74, 6) is -0.208. The SMILES string of the molecule is CC(Sc1nc(N)c(C#N)c(-c2ccco2)c1C#N)C(=O)Nc1nc(-c2cccc([N+](=O)[O-])c2)cs1. The molecule has 4 rings (SSSR count). The highest BCUT2D eigenvalue weighted by molar-refractivity contribution is 8.00. The van der Waals surface area contributed by atoms with Crippen LogP contribution in [0.2, 0.25) is 0 Å². The van der Waals surface area contributed by atoms with Gasteiger partial charge in [0.25, 0.3) is 5.69 Å². The number of nitrogen functional groups attached to an aromatic ring is 1. The third-order valence-electron chi connectivity index (χ3n) is 4.93. The second-order valence-electron chi connectivity index (χ2n) is 7.22. The Hall–Kier alpha value is -4.72. The van der Waals surface area contributed by atoms with Crippen LogP contribution in [0.1, 0.15) is 18.1 Å². The van der Waals surface area contributed by atoms with E-state index in [1.54, 1.807) is 36.6 Å². The molecule has 0 bridgehead atoms. The fraction of sp³-hybridized carbons (Fsp3) is 0.0870. The highest BCUT2D eigenvalue weighted by Crippen LogP contribution is 2.37. The van der Waals surface area contributed by atoms with Gasteiger partial charge in [0.1, 0.15) is 34.3 Å². The number of nitro benzene ring substituents is 1. The molecule has 0 aliphatic carbocycles. The number of thiazole rings is 1. The van der Waals surface area contributed by atoms with E-state index >= 15 is 0 Å². The van der Waals surface area contributed by atoms with Gasteiger partial charge >= 0.3 is 0 Å². The van der Waals surface area contributed by atoms with Crippen molar-refractivity contribution < 1.29 is 14.1 Å². The lowest BCUT2D eigenvalue weighted by Gasteiger charge is -2.14. The molecule has 0 aliphatic heterocycles. The molecule has 1 amide bonds. The molecule has 0 saturated carbocycles. The summed E-state index contributed by atoms with van der Waals surface area (Å²) in [4.78, 5) is 31.9. The van der Waals surface area contributed by atoms with Crippen molar-refractivity contribution in [3.05, 3.63) is 69.3 Å². The number of furan rings is 1. The molecule has 0 fully saturated rings. The van der Waals surface area contributed by atoms with Gasteiger partial charge in [0.15, 0.2) is 5.13 Å². The Bertz CT molecular complexity index is 1550. The molecule has 3 aromatic heterocycles. The molecular weight excluding hydrogens is 502 g/mol. The minimum atomic E-state index is -0.716. The molecule has 178 valence electrons. The van der Waals surface area contributed by atoms with Gasteiger partial charge in [0.2, 0.25) is 5.91 Å². The number of hydrogen-bond acceptors (Lipinski definition) is 11. The number of aromatic nitrogens is 2. The maximum atomic E-state index is 12.9. The van der Waals surface area contributed by atoms with Gasteiger partial charge in [0.05, 0.1) is 33.3 Å². The number of rotatable bonds is 7. The van der Waals surface area contributed by atoms with Crippen molar-refractivity contribution in [1.29, 1.82) is 10.5 Å². The number of carbonyl (C=O) groups is 1. The first kappa shape index (κ1) is 24.4. The van der Waals surface area contributed by atoms with Crippen LogP contribution in [0.5, 0.6) is 0 Å². The van der Waals surface area contributed by atoms with Crippen LogP contribution < -0.4 is 11.1 Å². The number of amides is 1. The lowest BCUT2D eigenvalue weighted by Crippen LogP contribution is -2.22. The third-order valence-corrected chi connectivity index (χ3v) is 6.77. The van der Waals surface area contributed by atoms with E-state index in [1.165, 1.54) is 29.7 Å². The monoisotopic (exact) mass is 517 g/mol. The average molecular weight is 518 g/mol. The second-order valence-corrected chi connectivity index (χ2v) is 9.41. The van der Waals surface area contributed by atoms with Gasteiger partial charge in [0, 0.05) is 23.1 Å². The lowest BCUT2D eigenvalue weighted by molar-refractivity contribution is -0.384. The van der Waals surface area contributed by atoms with Crippen molar-refractivity contribution in [2.75, 3.05) is 11.1 Å². The molecule has 3 heterocycles. The van der Waals surface area contributed by atoms with Crippen molar-refractivity contribution in [2.24, 2.45) is 0 Å². The van der Waals surface area contributed by atoms with Crippen LogP contribution in [0.25, 0.3) is 22.6 Å². The largest absolute Gasteiger partial charge is 0.464 e. The van der Waals surface area contributed by atoms with E-state index in [0.29, 0.717) is 16.4 Å². The van der Waals surface area contributed by atoms with E-state index in [1.807, 2.05) is 12.1 Å². The minimum absolute atomic E-state index is 0.0134. The van der Waals surface area contributed by atoms with Crippen molar-refractivity contribution in [3.8, 4) is 34.7 Å². The van der Waals surface area contributed by atoms with Crippen molar-refractivity contribution in [1.82, 2.24) is 9.97 Å². The van der Waals surface area contributed by atoms with Gasteiger partial charge in [-0.3, -0.25) is 14.9 Å². The second kappa shape index (κ2) is 10.3.